The predicted molar refractivity (Wildman–Crippen MR) is 232 cm³/mol. The maximum absolute atomic E-state index is 11.9. The van der Waals surface area contributed by atoms with Gasteiger partial charge in [-0.3, -0.25) is 9.11 Å². The van der Waals surface area contributed by atoms with Crippen LogP contribution in [0.1, 0.15) is 105 Å². The number of carbonyl (C=O) groups is 1. The lowest BCUT2D eigenvalue weighted by Gasteiger charge is -2.28. The van der Waals surface area contributed by atoms with Gasteiger partial charge in [0.1, 0.15) is 6.54 Å². The van der Waals surface area contributed by atoms with E-state index in [4.69, 9.17) is 0 Å². The third kappa shape index (κ3) is 9.47. The summed E-state index contributed by atoms with van der Waals surface area (Å²) in [6.07, 6.45) is 13.1. The molecule has 0 fully saturated rings. The molecule has 0 aromatic heterocycles. The third-order valence-corrected chi connectivity index (χ3v) is 13.4. The summed E-state index contributed by atoms with van der Waals surface area (Å²) in [5.74, 6) is -1.56. The van der Waals surface area contributed by atoms with Crippen LogP contribution in [0.4, 0.5) is 11.4 Å². The lowest BCUT2D eigenvalue weighted by Crippen LogP contribution is -2.28. The average molecular weight is 828 g/mol. The zero-order valence-electron chi connectivity index (χ0n) is 34.0. The van der Waals surface area contributed by atoms with Crippen LogP contribution in [0.3, 0.4) is 0 Å². The van der Waals surface area contributed by atoms with Gasteiger partial charge in [-0.05, 0) is 117 Å². The molecule has 3 aromatic rings. The topological polar surface area (TPSA) is 152 Å². The molecule has 0 saturated heterocycles. The Morgan fingerprint density at radius 1 is 0.793 bits per heavy atom. The van der Waals surface area contributed by atoms with Gasteiger partial charge in [0.05, 0.1) is 22.5 Å². The fraction of sp³-hybridized carbons (Fsp3) is 0.391. The third-order valence-electron chi connectivity index (χ3n) is 11.8. The first-order chi connectivity index (χ1) is 27.3. The van der Waals surface area contributed by atoms with Gasteiger partial charge in [-0.15, -0.1) is 0 Å². The van der Waals surface area contributed by atoms with Gasteiger partial charge >= 0.3 is 5.97 Å². The number of unbranched alkanes of at least 4 members (excludes halogenated alkanes) is 2. The summed E-state index contributed by atoms with van der Waals surface area (Å²) < 4.78 is 66.9. The summed E-state index contributed by atoms with van der Waals surface area (Å²) in [6, 6.07) is 21.7. The van der Waals surface area contributed by atoms with Crippen molar-refractivity contribution in [2.75, 3.05) is 29.5 Å². The Kier molecular flexibility index (Phi) is 12.5. The number of hydrogen-bond acceptors (Lipinski definition) is 6. The fourth-order valence-corrected chi connectivity index (χ4v) is 9.93. The van der Waals surface area contributed by atoms with Crippen LogP contribution < -0.4 is 4.90 Å². The van der Waals surface area contributed by atoms with E-state index >= 15 is 0 Å². The van der Waals surface area contributed by atoms with Crippen LogP contribution in [-0.4, -0.2) is 71.9 Å². The van der Waals surface area contributed by atoms with Crippen LogP contribution in [-0.2, 0) is 31.1 Å². The first kappa shape index (κ1) is 43.0. The average Bonchev–Trinajstić information content (AvgIpc) is 3.50. The van der Waals surface area contributed by atoms with Crippen LogP contribution in [0.25, 0.3) is 5.57 Å². The normalized spacial score (nSPS) is 19.1. The minimum absolute atomic E-state index is 0.209. The quantitative estimate of drug-likeness (QED) is 0.0774. The Morgan fingerprint density at radius 3 is 2.14 bits per heavy atom. The van der Waals surface area contributed by atoms with Crippen molar-refractivity contribution >= 4 is 48.9 Å². The summed E-state index contributed by atoms with van der Waals surface area (Å²) >= 11 is 0. The van der Waals surface area contributed by atoms with Gasteiger partial charge in [-0.1, -0.05) is 68.0 Å². The van der Waals surface area contributed by atoms with Gasteiger partial charge in [0.25, 0.3) is 20.2 Å². The molecule has 308 valence electrons. The Hall–Kier alpha value is -4.62. The number of carboxylic acid groups (broad SMARTS) is 1. The van der Waals surface area contributed by atoms with E-state index in [1.165, 1.54) is 11.1 Å². The first-order valence-electron chi connectivity index (χ1n) is 20.0. The zero-order chi connectivity index (χ0) is 42.0. The minimum atomic E-state index is -4.06. The molecule has 0 amide bonds. The van der Waals surface area contributed by atoms with Gasteiger partial charge < -0.3 is 10.0 Å². The van der Waals surface area contributed by atoms with Crippen molar-refractivity contribution in [2.45, 2.75) is 90.4 Å². The van der Waals surface area contributed by atoms with Gasteiger partial charge in [0.15, 0.2) is 5.71 Å². The summed E-state index contributed by atoms with van der Waals surface area (Å²) in [5, 5.41) is 9.71. The molecular formula is C46H55N2O8S2+. The lowest BCUT2D eigenvalue weighted by atomic mass is 9.79. The van der Waals surface area contributed by atoms with E-state index in [1.54, 1.807) is 12.1 Å². The number of rotatable bonds is 15. The van der Waals surface area contributed by atoms with Crippen LogP contribution >= 0.6 is 0 Å². The molecule has 2 aliphatic heterocycles. The second-order valence-corrected chi connectivity index (χ2v) is 19.8. The van der Waals surface area contributed by atoms with Crippen molar-refractivity contribution in [1.29, 1.82) is 0 Å². The lowest BCUT2D eigenvalue weighted by molar-refractivity contribution is -0.438. The van der Waals surface area contributed by atoms with Crippen LogP contribution in [0.15, 0.2) is 108 Å². The fourth-order valence-electron chi connectivity index (χ4n) is 8.79. The predicted octanol–water partition coefficient (Wildman–Crippen LogP) is 9.21. The number of hydrogen-bond donors (Lipinski definition) is 3. The highest BCUT2D eigenvalue weighted by atomic mass is 32.2. The number of nitrogens with zero attached hydrogens (tertiary/aromatic N) is 2. The van der Waals surface area contributed by atoms with Gasteiger partial charge in [-0.25, -0.2) is 4.79 Å². The van der Waals surface area contributed by atoms with Gasteiger partial charge in [-0.2, -0.15) is 21.4 Å². The Labute approximate surface area is 343 Å². The molecule has 2 heterocycles. The molecule has 6 rings (SSSR count). The van der Waals surface area contributed by atoms with Crippen molar-refractivity contribution in [2.24, 2.45) is 0 Å². The smallest absolute Gasteiger partial charge is 0.335 e. The molecular weight excluding hydrogens is 773 g/mol. The van der Waals surface area contributed by atoms with Gasteiger partial charge in [0.2, 0.25) is 5.69 Å². The Bertz CT molecular complexity index is 2470. The van der Waals surface area contributed by atoms with Crippen molar-refractivity contribution in [3.8, 4) is 0 Å². The number of carboxylic acids is 1. The largest absolute Gasteiger partial charge is 0.478 e. The van der Waals surface area contributed by atoms with E-state index in [0.717, 1.165) is 69.9 Å². The maximum atomic E-state index is 11.9. The maximum Gasteiger partial charge on any atom is 0.335 e. The number of aromatic carboxylic acids is 1. The van der Waals surface area contributed by atoms with Crippen molar-refractivity contribution in [1.82, 2.24) is 0 Å². The Balaban J connectivity index is 1.44. The summed E-state index contributed by atoms with van der Waals surface area (Å²) in [6.45, 7) is 12.0. The zero-order valence-corrected chi connectivity index (χ0v) is 35.7. The van der Waals surface area contributed by atoms with E-state index in [-0.39, 0.29) is 27.9 Å². The van der Waals surface area contributed by atoms with E-state index in [2.05, 4.69) is 98.7 Å². The second kappa shape index (κ2) is 16.9. The molecule has 3 aromatic carbocycles. The van der Waals surface area contributed by atoms with Gasteiger partial charge in [0, 0.05) is 47.5 Å². The van der Waals surface area contributed by atoms with Crippen molar-refractivity contribution < 1.29 is 40.4 Å². The van der Waals surface area contributed by atoms with E-state index in [0.29, 0.717) is 38.8 Å². The highest BCUT2D eigenvalue weighted by Crippen LogP contribution is 2.48. The molecule has 0 radical (unpaired) electrons. The SMILES string of the molecule is Cc1ccc2c(c1)C(C)(C)C(/C=C/C1=C(c3ccc(C(=O)O)cc3)C(=C/C=C3/N(CCCCS(=O)(=O)O)c4ccccc4C3(C)C)/CCC1)=[N+]2CCCCS(=O)(=O)O. The number of benzene rings is 3. The molecule has 1 aliphatic carbocycles. The highest BCUT2D eigenvalue weighted by Gasteiger charge is 2.44. The summed E-state index contributed by atoms with van der Waals surface area (Å²) in [7, 11) is -8.11. The number of anilines is 1. The molecule has 0 bridgehead atoms. The molecule has 12 heteroatoms. The van der Waals surface area contributed by atoms with Crippen molar-refractivity contribution in [3.63, 3.8) is 0 Å². The molecule has 10 nitrogen and oxygen atoms in total. The Morgan fingerprint density at radius 2 is 1.47 bits per heavy atom. The van der Waals surface area contributed by atoms with Crippen LogP contribution in [0, 0.1) is 6.92 Å². The second-order valence-electron chi connectivity index (χ2n) is 16.7. The minimum Gasteiger partial charge on any atom is -0.478 e. The molecule has 0 saturated carbocycles. The molecule has 3 aliphatic rings. The number of aryl methyl sites for hydroxylation is 1. The molecule has 0 atom stereocenters. The monoisotopic (exact) mass is 827 g/mol. The van der Waals surface area contributed by atoms with E-state index in [1.807, 2.05) is 24.3 Å². The number of allylic oxidation sites excluding steroid dienone is 8. The number of fused-ring (bicyclic) bond motifs is 2. The summed E-state index contributed by atoms with van der Waals surface area (Å²) in [5.41, 5.74) is 11.6. The summed E-state index contributed by atoms with van der Waals surface area (Å²) in [4.78, 5) is 14.1. The molecule has 0 unspecified atom stereocenters. The van der Waals surface area contributed by atoms with Crippen LogP contribution in [0.5, 0.6) is 0 Å². The standard InChI is InChI=1S/C46H54N2O8S2/c1-32-17-24-40-38(31-32)46(4,5)42(48(40)28-9-11-30-58(54,55)56)26-23-34-14-12-13-33(43(34)35-18-20-36(21-19-35)44(49)50)22-25-41-45(2,3)37-15-6-7-16-39(37)47(41)27-8-10-29-57(51,52)53/h6-7,15-26,31H,8-14,27-30H2,1-5H3,(H2-,49,50,51,52,53,54,55,56)/p+1. The first-order valence-corrected chi connectivity index (χ1v) is 23.2. The van der Waals surface area contributed by atoms with E-state index < -0.39 is 26.2 Å². The van der Waals surface area contributed by atoms with Crippen LogP contribution in [0.2, 0.25) is 0 Å². The van der Waals surface area contributed by atoms with Crippen molar-refractivity contribution in [3.05, 3.63) is 136 Å². The highest BCUT2D eigenvalue weighted by molar-refractivity contribution is 7.86. The molecule has 58 heavy (non-hydrogen) atoms. The molecule has 0 spiro atoms. The van der Waals surface area contributed by atoms with E-state index in [9.17, 15) is 35.8 Å². The number of para-hydroxylation sites is 1. The molecule has 3 N–H and O–H groups in total.